The molecule has 0 saturated heterocycles. The molecule has 0 N–H and O–H groups in total. The quantitative estimate of drug-likeness (QED) is 0.688. The maximum absolute atomic E-state index is 8.92. The highest BCUT2D eigenvalue weighted by Gasteiger charge is 2.28. The number of nitrogens with zero attached hydrogens (tertiary/aromatic N) is 5. The fourth-order valence-corrected chi connectivity index (χ4v) is 1.70. The van der Waals surface area contributed by atoms with Gasteiger partial charge in [0.1, 0.15) is 6.17 Å². The highest BCUT2D eigenvalue weighted by atomic mass is 15.4. The topological polar surface area (TPSA) is 55.0 Å². The predicted molar refractivity (Wildman–Crippen MR) is 58.2 cm³/mol. The van der Waals surface area contributed by atoms with Gasteiger partial charge in [-0.2, -0.15) is 15.5 Å². The molecule has 1 aliphatic heterocycles. The van der Waals surface area contributed by atoms with Gasteiger partial charge in [0.05, 0.1) is 12.2 Å². The maximum atomic E-state index is 8.92. The van der Waals surface area contributed by atoms with Crippen LogP contribution in [-0.4, -0.2) is 48.8 Å². The smallest absolute Gasteiger partial charge is 0.160 e. The van der Waals surface area contributed by atoms with Crippen LogP contribution in [0.25, 0.3) is 0 Å². The average molecular weight is 209 g/mol. The number of nitriles is 1. The molecule has 5 heteroatoms. The van der Waals surface area contributed by atoms with Crippen molar-refractivity contribution in [1.29, 1.82) is 5.26 Å². The molecule has 3 unspecified atom stereocenters. The Labute approximate surface area is 91.4 Å². The molecule has 15 heavy (non-hydrogen) atoms. The molecule has 3 atom stereocenters. The largest absolute Gasteiger partial charge is 0.291 e. The van der Waals surface area contributed by atoms with E-state index in [0.29, 0.717) is 0 Å². The van der Waals surface area contributed by atoms with E-state index in [1.165, 1.54) is 0 Å². The Morgan fingerprint density at radius 2 is 2.20 bits per heavy atom. The monoisotopic (exact) mass is 209 g/mol. The normalized spacial score (nSPS) is 32.7. The molecule has 0 fully saturated rings. The summed E-state index contributed by atoms with van der Waals surface area (Å²) in [6.07, 6.45) is 1.01. The summed E-state index contributed by atoms with van der Waals surface area (Å²) in [5.74, 6) is 0. The Hall–Kier alpha value is -0.990. The molecule has 0 bridgehead atoms. The molecule has 0 radical (unpaired) electrons. The first-order chi connectivity index (χ1) is 7.10. The first-order valence-electron chi connectivity index (χ1n) is 5.31. The Morgan fingerprint density at radius 3 is 2.73 bits per heavy atom. The SMILES string of the molecule is CCN(C)C1CC(C#N)N=NC(C)N1C. The second-order valence-electron chi connectivity index (χ2n) is 3.96. The first kappa shape index (κ1) is 12.1. The highest BCUT2D eigenvalue weighted by Crippen LogP contribution is 2.19. The summed E-state index contributed by atoms with van der Waals surface area (Å²) >= 11 is 0. The fraction of sp³-hybridized carbons (Fsp3) is 0.900. The van der Waals surface area contributed by atoms with Crippen LogP contribution < -0.4 is 0 Å². The van der Waals surface area contributed by atoms with Crippen molar-refractivity contribution in [3.05, 3.63) is 0 Å². The minimum absolute atomic E-state index is 0.0438. The van der Waals surface area contributed by atoms with Gasteiger partial charge in [-0.3, -0.25) is 9.80 Å². The van der Waals surface area contributed by atoms with Gasteiger partial charge >= 0.3 is 0 Å². The van der Waals surface area contributed by atoms with Crippen LogP contribution in [-0.2, 0) is 0 Å². The van der Waals surface area contributed by atoms with Crippen LogP contribution in [0.15, 0.2) is 10.2 Å². The van der Waals surface area contributed by atoms with E-state index in [-0.39, 0.29) is 18.4 Å². The fourth-order valence-electron chi connectivity index (χ4n) is 1.70. The summed E-state index contributed by atoms with van der Waals surface area (Å²) in [7, 11) is 4.09. The Morgan fingerprint density at radius 1 is 1.53 bits per heavy atom. The average Bonchev–Trinajstić information content (AvgIpc) is 2.40. The third-order valence-electron chi connectivity index (χ3n) is 3.02. The van der Waals surface area contributed by atoms with Crippen molar-refractivity contribution < 1.29 is 0 Å². The summed E-state index contributed by atoms with van der Waals surface area (Å²) in [6, 6.07) is 1.87. The van der Waals surface area contributed by atoms with E-state index in [9.17, 15) is 0 Å². The molecule has 0 aliphatic carbocycles. The van der Waals surface area contributed by atoms with Crippen LogP contribution in [0, 0.1) is 11.3 Å². The summed E-state index contributed by atoms with van der Waals surface area (Å²) in [6.45, 7) is 5.07. The lowest BCUT2D eigenvalue weighted by atomic mass is 10.1. The second-order valence-corrected chi connectivity index (χ2v) is 3.96. The number of azo groups is 1. The number of hydrogen-bond donors (Lipinski definition) is 0. The van der Waals surface area contributed by atoms with Gasteiger partial charge in [-0.1, -0.05) is 6.92 Å². The molecule has 84 valence electrons. The van der Waals surface area contributed by atoms with Crippen LogP contribution in [0.1, 0.15) is 20.3 Å². The van der Waals surface area contributed by atoms with Gasteiger partial charge in [0.15, 0.2) is 6.04 Å². The molecule has 0 aromatic rings. The summed E-state index contributed by atoms with van der Waals surface area (Å²) in [4.78, 5) is 4.38. The zero-order valence-electron chi connectivity index (χ0n) is 9.88. The van der Waals surface area contributed by atoms with Crippen molar-refractivity contribution in [2.45, 2.75) is 38.6 Å². The van der Waals surface area contributed by atoms with Gasteiger partial charge in [0.25, 0.3) is 0 Å². The Balaban J connectivity index is 2.82. The summed E-state index contributed by atoms with van der Waals surface area (Å²) in [5, 5.41) is 17.1. The number of hydrogen-bond acceptors (Lipinski definition) is 5. The molecule has 0 saturated carbocycles. The summed E-state index contributed by atoms with van der Waals surface area (Å²) < 4.78 is 0. The molecular weight excluding hydrogens is 190 g/mol. The zero-order valence-corrected chi connectivity index (χ0v) is 9.88. The van der Waals surface area contributed by atoms with Crippen molar-refractivity contribution in [2.24, 2.45) is 10.2 Å². The van der Waals surface area contributed by atoms with Crippen molar-refractivity contribution in [3.63, 3.8) is 0 Å². The molecule has 1 rings (SSSR count). The molecule has 0 aromatic carbocycles. The molecule has 0 aromatic heterocycles. The maximum Gasteiger partial charge on any atom is 0.160 e. The van der Waals surface area contributed by atoms with E-state index in [2.05, 4.69) is 40.1 Å². The molecule has 0 amide bonds. The van der Waals surface area contributed by atoms with E-state index in [1.54, 1.807) is 0 Å². The number of rotatable bonds is 2. The van der Waals surface area contributed by atoms with Crippen molar-refractivity contribution in [1.82, 2.24) is 9.80 Å². The minimum Gasteiger partial charge on any atom is -0.291 e. The summed E-state index contributed by atoms with van der Waals surface area (Å²) in [5.41, 5.74) is 0. The van der Waals surface area contributed by atoms with Crippen molar-refractivity contribution in [2.75, 3.05) is 20.6 Å². The van der Waals surface area contributed by atoms with E-state index in [4.69, 9.17) is 5.26 Å². The highest BCUT2D eigenvalue weighted by molar-refractivity contribution is 4.94. The predicted octanol–water partition coefficient (Wildman–Crippen LogP) is 1.29. The van der Waals surface area contributed by atoms with Crippen LogP contribution in [0.4, 0.5) is 0 Å². The van der Waals surface area contributed by atoms with Crippen LogP contribution >= 0.6 is 0 Å². The second kappa shape index (κ2) is 5.19. The Kier molecular flexibility index (Phi) is 4.18. The van der Waals surface area contributed by atoms with Gasteiger partial charge < -0.3 is 0 Å². The van der Waals surface area contributed by atoms with Crippen LogP contribution in [0.2, 0.25) is 0 Å². The van der Waals surface area contributed by atoms with E-state index in [1.807, 2.05) is 14.0 Å². The van der Waals surface area contributed by atoms with E-state index >= 15 is 0 Å². The molecule has 1 heterocycles. The third kappa shape index (κ3) is 2.74. The van der Waals surface area contributed by atoms with Gasteiger partial charge in [-0.15, -0.1) is 0 Å². The van der Waals surface area contributed by atoms with E-state index in [0.717, 1.165) is 13.0 Å². The van der Waals surface area contributed by atoms with Gasteiger partial charge in [-0.25, -0.2) is 0 Å². The zero-order chi connectivity index (χ0) is 11.4. The molecule has 1 aliphatic rings. The lowest BCUT2D eigenvalue weighted by Gasteiger charge is -2.35. The third-order valence-corrected chi connectivity index (χ3v) is 3.02. The molecule has 0 spiro atoms. The van der Waals surface area contributed by atoms with Crippen molar-refractivity contribution >= 4 is 0 Å². The van der Waals surface area contributed by atoms with Gasteiger partial charge in [0, 0.05) is 6.42 Å². The minimum atomic E-state index is -0.309. The molecule has 5 nitrogen and oxygen atoms in total. The van der Waals surface area contributed by atoms with E-state index < -0.39 is 0 Å². The first-order valence-corrected chi connectivity index (χ1v) is 5.31. The lowest BCUT2D eigenvalue weighted by Crippen LogP contribution is -2.48. The van der Waals surface area contributed by atoms with Crippen LogP contribution in [0.5, 0.6) is 0 Å². The van der Waals surface area contributed by atoms with Gasteiger partial charge in [-0.05, 0) is 27.6 Å². The van der Waals surface area contributed by atoms with Gasteiger partial charge in [0.2, 0.25) is 0 Å². The van der Waals surface area contributed by atoms with Crippen LogP contribution in [0.3, 0.4) is 0 Å². The standard InChI is InChI=1S/C10H19N5/c1-5-14(3)10-6-9(7-11)13-12-8(2)15(10)4/h8-10H,5-6H2,1-4H3. The molecular formula is C10H19N5. The Bertz CT molecular complexity index is 269. The van der Waals surface area contributed by atoms with Crippen molar-refractivity contribution in [3.8, 4) is 6.07 Å². The lowest BCUT2D eigenvalue weighted by molar-refractivity contribution is 0.0588.